The maximum atomic E-state index is 12.9. The highest BCUT2D eigenvalue weighted by Gasteiger charge is 2.35. The summed E-state index contributed by atoms with van der Waals surface area (Å²) in [4.78, 5) is 14.6. The molecular weight excluding hydrogens is 368 g/mol. The highest BCUT2D eigenvalue weighted by atomic mass is 32.2. The zero-order valence-electron chi connectivity index (χ0n) is 15.7. The van der Waals surface area contributed by atoms with Gasteiger partial charge in [0.2, 0.25) is 15.9 Å². The van der Waals surface area contributed by atoms with Crippen LogP contribution in [-0.4, -0.2) is 60.9 Å². The Morgan fingerprint density at radius 3 is 2.33 bits per heavy atom. The van der Waals surface area contributed by atoms with Crippen LogP contribution in [0.15, 0.2) is 39.8 Å². The molecule has 1 N–H and O–H groups in total. The summed E-state index contributed by atoms with van der Waals surface area (Å²) in [5.41, 5.74) is 1.11. The molecule has 1 aromatic carbocycles. The van der Waals surface area contributed by atoms with Crippen LogP contribution >= 0.6 is 0 Å². The predicted molar refractivity (Wildman–Crippen MR) is 101 cm³/mol. The fourth-order valence-corrected chi connectivity index (χ4v) is 4.95. The Labute approximate surface area is 159 Å². The number of hydrogen-bond acceptors (Lipinski definition) is 6. The zero-order valence-corrected chi connectivity index (χ0v) is 16.5. The Morgan fingerprint density at radius 1 is 1.15 bits per heavy atom. The van der Waals surface area contributed by atoms with Crippen LogP contribution in [0.4, 0.5) is 5.69 Å². The van der Waals surface area contributed by atoms with Crippen molar-refractivity contribution in [3.8, 4) is 0 Å². The Hall–Kier alpha value is -2.23. The van der Waals surface area contributed by atoms with Crippen molar-refractivity contribution >= 4 is 21.6 Å². The number of carbonyl (C=O) groups is 1. The molecule has 1 aromatic heterocycles. The summed E-state index contributed by atoms with van der Waals surface area (Å²) < 4.78 is 32.2. The lowest BCUT2D eigenvalue weighted by atomic mass is 10.2. The van der Waals surface area contributed by atoms with Crippen LogP contribution < -0.4 is 5.32 Å². The summed E-state index contributed by atoms with van der Waals surface area (Å²) >= 11 is 0. The van der Waals surface area contributed by atoms with Gasteiger partial charge in [0.15, 0.2) is 5.76 Å². The van der Waals surface area contributed by atoms with Crippen LogP contribution in [-0.2, 0) is 14.8 Å². The summed E-state index contributed by atoms with van der Waals surface area (Å²) in [7, 11) is -3.65. The molecule has 8 nitrogen and oxygen atoms in total. The Kier molecular flexibility index (Phi) is 5.64. The minimum Gasteiger partial charge on any atom is -0.360 e. The predicted octanol–water partition coefficient (Wildman–Crippen LogP) is 1.62. The molecule has 1 aliphatic rings. The van der Waals surface area contributed by atoms with Crippen LogP contribution in [0.5, 0.6) is 0 Å². The number of sulfonamides is 1. The maximum Gasteiger partial charge on any atom is 0.248 e. The number of anilines is 1. The SMILES string of the molecule is Cc1noc(C)c1S(=O)(=O)N1CCN(C(C)C(=O)Nc2ccccc2)CC1. The highest BCUT2D eigenvalue weighted by Crippen LogP contribution is 2.24. The lowest BCUT2D eigenvalue weighted by Gasteiger charge is -2.36. The number of rotatable bonds is 5. The van der Waals surface area contributed by atoms with Crippen molar-refractivity contribution in [3.05, 3.63) is 41.8 Å². The van der Waals surface area contributed by atoms with E-state index in [1.807, 2.05) is 42.2 Å². The molecule has 1 amide bonds. The van der Waals surface area contributed by atoms with E-state index in [-0.39, 0.29) is 16.8 Å². The number of amides is 1. The van der Waals surface area contributed by atoms with Crippen molar-refractivity contribution in [2.45, 2.75) is 31.7 Å². The minimum atomic E-state index is -3.65. The number of hydrogen-bond donors (Lipinski definition) is 1. The molecule has 2 heterocycles. The molecule has 146 valence electrons. The van der Waals surface area contributed by atoms with Gasteiger partial charge in [-0.1, -0.05) is 23.4 Å². The van der Waals surface area contributed by atoms with Crippen LogP contribution in [0, 0.1) is 13.8 Å². The lowest BCUT2D eigenvalue weighted by Crippen LogP contribution is -2.54. The fourth-order valence-electron chi connectivity index (χ4n) is 3.24. The highest BCUT2D eigenvalue weighted by molar-refractivity contribution is 7.89. The van der Waals surface area contributed by atoms with E-state index in [2.05, 4.69) is 10.5 Å². The van der Waals surface area contributed by atoms with E-state index in [0.29, 0.717) is 37.6 Å². The average molecular weight is 392 g/mol. The molecule has 1 unspecified atom stereocenters. The third-order valence-electron chi connectivity index (χ3n) is 4.81. The number of benzene rings is 1. The van der Waals surface area contributed by atoms with Crippen molar-refractivity contribution in [2.24, 2.45) is 0 Å². The number of aromatic nitrogens is 1. The molecule has 1 fully saturated rings. The number of para-hydroxylation sites is 1. The first-order valence-corrected chi connectivity index (χ1v) is 10.3. The second-order valence-electron chi connectivity index (χ2n) is 6.62. The molecule has 9 heteroatoms. The van der Waals surface area contributed by atoms with E-state index in [0.717, 1.165) is 5.69 Å². The average Bonchev–Trinajstić information content (AvgIpc) is 3.01. The molecule has 0 aliphatic carbocycles. The number of piperazine rings is 1. The molecule has 1 saturated heterocycles. The molecule has 0 bridgehead atoms. The van der Waals surface area contributed by atoms with Crippen molar-refractivity contribution < 1.29 is 17.7 Å². The molecule has 0 saturated carbocycles. The molecule has 1 atom stereocenters. The van der Waals surface area contributed by atoms with Crippen molar-refractivity contribution in [1.82, 2.24) is 14.4 Å². The fraction of sp³-hybridized carbons (Fsp3) is 0.444. The molecule has 0 spiro atoms. The summed E-state index contributed by atoms with van der Waals surface area (Å²) in [6.45, 7) is 6.63. The zero-order chi connectivity index (χ0) is 19.6. The van der Waals surface area contributed by atoms with Crippen LogP contribution in [0.1, 0.15) is 18.4 Å². The first-order valence-electron chi connectivity index (χ1n) is 8.83. The van der Waals surface area contributed by atoms with Crippen LogP contribution in [0.25, 0.3) is 0 Å². The lowest BCUT2D eigenvalue weighted by molar-refractivity contribution is -0.121. The summed E-state index contributed by atoms with van der Waals surface area (Å²) in [6.07, 6.45) is 0. The maximum absolute atomic E-state index is 12.9. The quantitative estimate of drug-likeness (QED) is 0.831. The number of aryl methyl sites for hydroxylation is 2. The van der Waals surface area contributed by atoms with E-state index in [1.165, 1.54) is 4.31 Å². The van der Waals surface area contributed by atoms with E-state index >= 15 is 0 Å². The normalized spacial score (nSPS) is 17.6. The minimum absolute atomic E-state index is 0.108. The summed E-state index contributed by atoms with van der Waals surface area (Å²) in [5, 5.41) is 6.62. The van der Waals surface area contributed by atoms with Gasteiger partial charge in [-0.05, 0) is 32.9 Å². The van der Waals surface area contributed by atoms with Gasteiger partial charge in [-0.25, -0.2) is 8.42 Å². The van der Waals surface area contributed by atoms with E-state index in [1.54, 1.807) is 13.8 Å². The first-order chi connectivity index (χ1) is 12.8. The number of nitrogens with zero attached hydrogens (tertiary/aromatic N) is 3. The third-order valence-corrected chi connectivity index (χ3v) is 6.95. The van der Waals surface area contributed by atoms with E-state index in [4.69, 9.17) is 4.52 Å². The van der Waals surface area contributed by atoms with Gasteiger partial charge < -0.3 is 9.84 Å². The third kappa shape index (κ3) is 4.05. The Bertz CT molecular complexity index is 883. The van der Waals surface area contributed by atoms with Crippen molar-refractivity contribution in [3.63, 3.8) is 0 Å². The van der Waals surface area contributed by atoms with Crippen LogP contribution in [0.2, 0.25) is 0 Å². The molecule has 2 aromatic rings. The monoisotopic (exact) mass is 392 g/mol. The molecule has 1 aliphatic heterocycles. The Balaban J connectivity index is 1.62. The Morgan fingerprint density at radius 2 is 1.78 bits per heavy atom. The first kappa shape index (κ1) is 19.5. The topological polar surface area (TPSA) is 95.8 Å². The van der Waals surface area contributed by atoms with Gasteiger partial charge in [0.25, 0.3) is 0 Å². The van der Waals surface area contributed by atoms with Gasteiger partial charge in [0, 0.05) is 31.9 Å². The van der Waals surface area contributed by atoms with Gasteiger partial charge >= 0.3 is 0 Å². The standard InChI is InChI=1S/C18H24N4O4S/c1-13-17(15(3)26-20-13)27(24,25)22-11-9-21(10-12-22)14(2)18(23)19-16-7-5-4-6-8-16/h4-8,14H,9-12H2,1-3H3,(H,19,23). The number of nitrogens with one attached hydrogen (secondary N) is 1. The molecule has 27 heavy (non-hydrogen) atoms. The second kappa shape index (κ2) is 7.79. The van der Waals surface area contributed by atoms with Gasteiger partial charge in [0.1, 0.15) is 10.6 Å². The summed E-state index contributed by atoms with van der Waals surface area (Å²) in [5.74, 6) is 0.189. The smallest absolute Gasteiger partial charge is 0.248 e. The molecule has 0 radical (unpaired) electrons. The van der Waals surface area contributed by atoms with Crippen molar-refractivity contribution in [2.75, 3.05) is 31.5 Å². The molecule has 3 rings (SSSR count). The van der Waals surface area contributed by atoms with Gasteiger partial charge in [-0.15, -0.1) is 0 Å². The summed E-state index contributed by atoms with van der Waals surface area (Å²) in [6, 6.07) is 8.92. The van der Waals surface area contributed by atoms with Gasteiger partial charge in [-0.3, -0.25) is 9.69 Å². The van der Waals surface area contributed by atoms with Gasteiger partial charge in [0.05, 0.1) is 6.04 Å². The van der Waals surface area contributed by atoms with E-state index < -0.39 is 10.0 Å². The largest absolute Gasteiger partial charge is 0.360 e. The van der Waals surface area contributed by atoms with E-state index in [9.17, 15) is 13.2 Å². The van der Waals surface area contributed by atoms with Crippen LogP contribution in [0.3, 0.4) is 0 Å². The van der Waals surface area contributed by atoms with Gasteiger partial charge in [-0.2, -0.15) is 4.31 Å². The van der Waals surface area contributed by atoms with Crippen molar-refractivity contribution in [1.29, 1.82) is 0 Å². The molecular formula is C18H24N4O4S. The second-order valence-corrected chi connectivity index (χ2v) is 8.50. The number of carbonyl (C=O) groups excluding carboxylic acids is 1.